The molecule has 2 aliphatic rings. The Morgan fingerprint density at radius 3 is 1.20 bits per heavy atom. The first kappa shape index (κ1) is 54.4. The van der Waals surface area contributed by atoms with Crippen molar-refractivity contribution in [3.8, 4) is 0 Å². The summed E-state index contributed by atoms with van der Waals surface area (Å²) in [6.45, 7) is -0.539. The Hall–Kier alpha value is -7.84. The minimum Gasteiger partial charge on any atom is -0.445 e. The van der Waals surface area contributed by atoms with Crippen LogP contribution in [0.15, 0.2) is 182 Å². The second-order valence-corrected chi connectivity index (χ2v) is 18.2. The number of amides is 4. The van der Waals surface area contributed by atoms with Crippen LogP contribution >= 0.6 is 0 Å². The van der Waals surface area contributed by atoms with Crippen LogP contribution in [0.1, 0.15) is 39.8 Å². The summed E-state index contributed by atoms with van der Waals surface area (Å²) >= 11 is 0. The molecule has 1 aliphatic heterocycles. The molecule has 0 aromatic heterocycles. The van der Waals surface area contributed by atoms with Crippen molar-refractivity contribution in [2.45, 2.75) is 107 Å². The maximum Gasteiger partial charge on any atom is 0.407 e. The number of nitrogens with one attached hydrogen (secondary N) is 4. The Kier molecular flexibility index (Phi) is 20.2. The summed E-state index contributed by atoms with van der Waals surface area (Å²) in [5, 5.41) is 35.0. The van der Waals surface area contributed by atoms with Crippen LogP contribution in [0.2, 0.25) is 0 Å². The van der Waals surface area contributed by atoms with Crippen LogP contribution < -0.4 is 21.3 Å². The first-order valence-corrected chi connectivity index (χ1v) is 25.0. The summed E-state index contributed by atoms with van der Waals surface area (Å²) < 4.78 is 49.4. The van der Waals surface area contributed by atoms with E-state index in [4.69, 9.17) is 37.9 Å². The molecule has 0 spiro atoms. The van der Waals surface area contributed by atoms with Gasteiger partial charge in [0.15, 0.2) is 6.29 Å². The number of rotatable bonds is 21. The van der Waals surface area contributed by atoms with E-state index in [1.165, 1.54) is 0 Å². The number of ether oxygens (including phenoxy) is 8. The number of aliphatic hydroxyl groups excluding tert-OH is 2. The molecule has 1 saturated heterocycles. The molecule has 6 N–H and O–H groups in total. The summed E-state index contributed by atoms with van der Waals surface area (Å²) in [4.78, 5) is 54.4. The SMILES string of the molecule is O=C(NCC1OC(OC2C(NC(=O)OCc3ccccc3)CC(NC(=O)OCc3ccccc3)C(O)C2O)C(NC(=O)OCc2ccccc2)C(OCc2ccccc2)C1OCc1ccccc1)OCc1ccccc1. The molecule has 1 saturated carbocycles. The summed E-state index contributed by atoms with van der Waals surface area (Å²) in [6, 6.07) is 51.0. The molecule has 10 atom stereocenters. The van der Waals surface area contributed by atoms with Crippen LogP contribution in [0.4, 0.5) is 19.2 Å². The van der Waals surface area contributed by atoms with Crippen LogP contribution in [0, 0.1) is 0 Å². The van der Waals surface area contributed by atoms with Gasteiger partial charge in [-0.15, -0.1) is 0 Å². The van der Waals surface area contributed by atoms with E-state index in [2.05, 4.69) is 21.3 Å². The summed E-state index contributed by atoms with van der Waals surface area (Å²) in [6.07, 6.45) is -13.7. The molecule has 0 radical (unpaired) electrons. The molecule has 18 heteroatoms. The normalized spacial score (nSPS) is 23.0. The zero-order valence-electron chi connectivity index (χ0n) is 41.5. The van der Waals surface area contributed by atoms with Crippen LogP contribution in [0.3, 0.4) is 0 Å². The van der Waals surface area contributed by atoms with E-state index in [1.807, 2.05) is 121 Å². The maximum atomic E-state index is 14.1. The number of aliphatic hydroxyl groups is 2. The first-order valence-electron chi connectivity index (χ1n) is 25.0. The molecule has 1 aliphatic carbocycles. The molecule has 18 nitrogen and oxygen atoms in total. The van der Waals surface area contributed by atoms with Gasteiger partial charge in [0.05, 0.1) is 25.3 Å². The van der Waals surface area contributed by atoms with Gasteiger partial charge in [-0.25, -0.2) is 19.2 Å². The van der Waals surface area contributed by atoms with Crippen molar-refractivity contribution in [2.75, 3.05) is 6.54 Å². The number of hydrogen-bond acceptors (Lipinski definition) is 14. The van der Waals surface area contributed by atoms with Crippen LogP contribution in [0.5, 0.6) is 0 Å². The lowest BCUT2D eigenvalue weighted by Gasteiger charge is -2.49. The standard InChI is InChI=1S/C58H62N4O14/c63-49-45(60-56(66)72-36-42-25-13-4-14-26-42)31-46(61-57(67)73-37-43-27-15-5-16-28-43)51(50(49)64)76-54-48(62-58(68)74-38-44-29-17-6-18-30-44)53(70-34-40-21-9-2-10-22-40)52(69-33-39-19-7-1-8-20-39)47(75-54)32-59-55(65)71-35-41-23-11-3-12-24-41/h1-30,45-54,63-64H,31-38H2,(H,59,65)(H,60,66)(H,61,67)(H,62,68). The van der Waals surface area contributed by atoms with Gasteiger partial charge in [-0.2, -0.15) is 0 Å². The lowest BCUT2D eigenvalue weighted by atomic mass is 9.83. The van der Waals surface area contributed by atoms with Crippen molar-refractivity contribution in [1.82, 2.24) is 21.3 Å². The van der Waals surface area contributed by atoms with Crippen molar-refractivity contribution < 1.29 is 67.3 Å². The molecule has 6 aromatic carbocycles. The van der Waals surface area contributed by atoms with Crippen molar-refractivity contribution in [2.24, 2.45) is 0 Å². The van der Waals surface area contributed by atoms with Crippen molar-refractivity contribution in [3.05, 3.63) is 215 Å². The van der Waals surface area contributed by atoms with Gasteiger partial charge in [-0.3, -0.25) is 0 Å². The molecule has 0 bridgehead atoms. The molecule has 6 aromatic rings. The predicted octanol–water partition coefficient (Wildman–Crippen LogP) is 7.20. The third-order valence-corrected chi connectivity index (χ3v) is 12.7. The zero-order valence-corrected chi connectivity index (χ0v) is 41.5. The van der Waals surface area contributed by atoms with Gasteiger partial charge in [0.2, 0.25) is 0 Å². The van der Waals surface area contributed by atoms with Gasteiger partial charge in [0.25, 0.3) is 0 Å². The van der Waals surface area contributed by atoms with E-state index < -0.39 is 85.4 Å². The summed E-state index contributed by atoms with van der Waals surface area (Å²) in [5.74, 6) is 0. The fourth-order valence-corrected chi connectivity index (χ4v) is 8.79. The van der Waals surface area contributed by atoms with E-state index in [0.29, 0.717) is 16.7 Å². The van der Waals surface area contributed by atoms with Crippen molar-refractivity contribution in [1.29, 1.82) is 0 Å². The number of carbonyl (C=O) groups excluding carboxylic acids is 4. The van der Waals surface area contributed by atoms with Gasteiger partial charge in [-0.05, 0) is 39.8 Å². The fraction of sp³-hybridized carbons (Fsp3) is 0.310. The molecular formula is C58H62N4O14. The molecule has 76 heavy (non-hydrogen) atoms. The quantitative estimate of drug-likeness (QED) is 0.0392. The fourth-order valence-electron chi connectivity index (χ4n) is 8.79. The molecule has 398 valence electrons. The minimum atomic E-state index is -1.85. The average molecular weight is 1040 g/mol. The van der Waals surface area contributed by atoms with Gasteiger partial charge in [0, 0.05) is 6.54 Å². The third kappa shape index (κ3) is 16.3. The second kappa shape index (κ2) is 28.2. The van der Waals surface area contributed by atoms with Gasteiger partial charge in [0.1, 0.15) is 69.1 Å². The van der Waals surface area contributed by atoms with E-state index >= 15 is 0 Å². The highest BCUT2D eigenvalue weighted by Gasteiger charge is 2.53. The summed E-state index contributed by atoms with van der Waals surface area (Å²) in [7, 11) is 0. The van der Waals surface area contributed by atoms with E-state index in [9.17, 15) is 29.4 Å². The highest BCUT2D eigenvalue weighted by molar-refractivity contribution is 5.69. The Labute approximate surface area is 440 Å². The molecule has 8 rings (SSSR count). The highest BCUT2D eigenvalue weighted by Crippen LogP contribution is 2.33. The topological polar surface area (TPSA) is 231 Å². The van der Waals surface area contributed by atoms with E-state index in [-0.39, 0.29) is 52.6 Å². The van der Waals surface area contributed by atoms with Gasteiger partial charge in [-0.1, -0.05) is 182 Å². The average Bonchev–Trinajstić information content (AvgIpc) is 3.46. The monoisotopic (exact) mass is 1040 g/mol. The van der Waals surface area contributed by atoms with Gasteiger partial charge >= 0.3 is 24.4 Å². The van der Waals surface area contributed by atoms with Crippen molar-refractivity contribution >= 4 is 24.4 Å². The zero-order chi connectivity index (χ0) is 52.9. The Balaban J connectivity index is 1.11. The number of carbonyl (C=O) groups is 4. The van der Waals surface area contributed by atoms with Crippen LogP contribution in [-0.2, 0) is 77.5 Å². The molecule has 4 amide bonds. The Morgan fingerprint density at radius 1 is 0.421 bits per heavy atom. The maximum absolute atomic E-state index is 14.1. The first-order chi connectivity index (χ1) is 37.1. The molecule has 2 fully saturated rings. The second-order valence-electron chi connectivity index (χ2n) is 18.2. The van der Waals surface area contributed by atoms with E-state index in [0.717, 1.165) is 16.7 Å². The third-order valence-electron chi connectivity index (χ3n) is 12.7. The van der Waals surface area contributed by atoms with Gasteiger partial charge < -0.3 is 69.4 Å². The Bertz CT molecular complexity index is 2700. The largest absolute Gasteiger partial charge is 0.445 e. The number of hydrogen-bond donors (Lipinski definition) is 6. The van der Waals surface area contributed by atoms with Crippen molar-refractivity contribution in [3.63, 3.8) is 0 Å². The van der Waals surface area contributed by atoms with E-state index in [1.54, 1.807) is 60.7 Å². The molecular weight excluding hydrogens is 977 g/mol. The van der Waals surface area contributed by atoms with Crippen LogP contribution in [0.25, 0.3) is 0 Å². The lowest BCUT2D eigenvalue weighted by molar-refractivity contribution is -0.305. The summed E-state index contributed by atoms with van der Waals surface area (Å²) in [5.41, 5.74) is 4.44. The lowest BCUT2D eigenvalue weighted by Crippen LogP contribution is -2.70. The number of benzene rings is 6. The minimum absolute atomic E-state index is 0.00411. The predicted molar refractivity (Wildman–Crippen MR) is 275 cm³/mol. The smallest absolute Gasteiger partial charge is 0.407 e. The molecule has 1 heterocycles. The number of alkyl carbamates (subject to hydrolysis) is 4. The highest BCUT2D eigenvalue weighted by atomic mass is 16.7. The Morgan fingerprint density at radius 2 is 0.776 bits per heavy atom. The van der Waals surface area contributed by atoms with Crippen LogP contribution in [-0.4, -0.2) is 102 Å². The molecule has 10 unspecified atom stereocenters.